The topological polar surface area (TPSA) is 157 Å². The number of piperidine rings is 2. The van der Waals surface area contributed by atoms with Crippen molar-refractivity contribution in [2.75, 3.05) is 60.4 Å². The molecule has 3 fully saturated rings. The average Bonchev–Trinajstić information content (AvgIpc) is 3.51. The highest BCUT2D eigenvalue weighted by molar-refractivity contribution is 7.90. The molecule has 240 valence electrons. The van der Waals surface area contributed by atoms with Gasteiger partial charge in [-0.2, -0.15) is 5.10 Å². The highest BCUT2D eigenvalue weighted by Gasteiger charge is 2.43. The summed E-state index contributed by atoms with van der Waals surface area (Å²) in [6.07, 6.45) is 8.54. The van der Waals surface area contributed by atoms with Gasteiger partial charge in [0.05, 0.1) is 28.8 Å². The number of nitrogens with one attached hydrogen (secondary N) is 1. The number of amides is 2. The molecule has 6 rings (SSSR count). The molecule has 3 aliphatic heterocycles. The number of fused-ring (bicyclic) bond motifs is 1. The number of nitrogen functional groups attached to an aromatic ring is 1. The second-order valence-electron chi connectivity index (χ2n) is 13.0. The predicted octanol–water partition coefficient (Wildman–Crippen LogP) is 1.54. The molecular weight excluding hydrogens is 584 g/mol. The van der Waals surface area contributed by atoms with Crippen LogP contribution in [0.4, 0.5) is 22.7 Å². The van der Waals surface area contributed by atoms with E-state index >= 15 is 0 Å². The third kappa shape index (κ3) is 5.74. The monoisotopic (exact) mass is 628 g/mol. The Morgan fingerprint density at radius 3 is 2.39 bits per heavy atom. The number of carbonyl (C=O) groups is 2. The first-order chi connectivity index (χ1) is 20.9. The molecule has 13 nitrogen and oxygen atoms in total. The van der Waals surface area contributed by atoms with E-state index in [-0.39, 0.29) is 35.0 Å². The van der Waals surface area contributed by atoms with Crippen LogP contribution in [0.1, 0.15) is 57.4 Å². The Kier molecular flexibility index (Phi) is 8.26. The minimum Gasteiger partial charge on any atom is -0.395 e. The number of aliphatic hydroxyl groups excluding tert-OH is 1. The van der Waals surface area contributed by atoms with Gasteiger partial charge in [0, 0.05) is 51.6 Å². The first-order valence-electron chi connectivity index (χ1n) is 15.6. The van der Waals surface area contributed by atoms with Crippen molar-refractivity contribution in [1.82, 2.24) is 20.0 Å². The average molecular weight is 629 g/mol. The summed E-state index contributed by atoms with van der Waals surface area (Å²) in [5.74, 6) is -0.0496. The summed E-state index contributed by atoms with van der Waals surface area (Å²) in [4.78, 5) is 32.8. The van der Waals surface area contributed by atoms with Gasteiger partial charge >= 0.3 is 0 Å². The number of rotatable bonds is 7. The molecule has 1 aliphatic carbocycles. The lowest BCUT2D eigenvalue weighted by Gasteiger charge is -2.40. The minimum absolute atomic E-state index is 0.0272. The zero-order chi connectivity index (χ0) is 31.3. The fourth-order valence-corrected chi connectivity index (χ4v) is 8.33. The largest absolute Gasteiger partial charge is 0.395 e. The van der Waals surface area contributed by atoms with E-state index in [4.69, 9.17) is 5.73 Å². The van der Waals surface area contributed by atoms with Crippen LogP contribution in [0.15, 0.2) is 29.4 Å². The molecule has 0 radical (unpaired) electrons. The van der Waals surface area contributed by atoms with Crippen molar-refractivity contribution in [3.05, 3.63) is 24.4 Å². The normalized spacial score (nSPS) is 26.8. The molecule has 44 heavy (non-hydrogen) atoms. The molecule has 2 unspecified atom stereocenters. The number of imide groups is 1. The molecule has 1 aromatic carbocycles. The van der Waals surface area contributed by atoms with E-state index in [1.165, 1.54) is 0 Å². The second-order valence-corrected chi connectivity index (χ2v) is 14.9. The number of anilines is 4. The van der Waals surface area contributed by atoms with Crippen molar-refractivity contribution in [1.29, 1.82) is 0 Å². The number of aromatic nitrogens is 2. The number of nitrogens with zero attached hydrogens (tertiary/aromatic N) is 6. The first-order valence-corrected chi connectivity index (χ1v) is 17.5. The maximum Gasteiger partial charge on any atom is 0.249 e. The van der Waals surface area contributed by atoms with Crippen LogP contribution in [0.25, 0.3) is 0 Å². The predicted molar refractivity (Wildman–Crippen MR) is 168 cm³/mol. The summed E-state index contributed by atoms with van der Waals surface area (Å²) in [5.41, 5.74) is 8.93. The molecule has 4 heterocycles. The zero-order valence-corrected chi connectivity index (χ0v) is 26.5. The Labute approximate surface area is 258 Å². The van der Waals surface area contributed by atoms with E-state index in [0.29, 0.717) is 18.4 Å². The van der Waals surface area contributed by atoms with Crippen molar-refractivity contribution in [3.63, 3.8) is 0 Å². The van der Waals surface area contributed by atoms with Crippen LogP contribution >= 0.6 is 0 Å². The molecule has 1 saturated carbocycles. The van der Waals surface area contributed by atoms with Gasteiger partial charge in [0.15, 0.2) is 14.9 Å². The fraction of sp³-hybridized carbons (Fsp3) is 0.633. The van der Waals surface area contributed by atoms with Crippen LogP contribution in [0.3, 0.4) is 0 Å². The second kappa shape index (κ2) is 11.9. The smallest absolute Gasteiger partial charge is 0.249 e. The molecular formula is C30H44N8O5S. The summed E-state index contributed by atoms with van der Waals surface area (Å²) in [5, 5.41) is 17.9. The summed E-state index contributed by atoms with van der Waals surface area (Å²) in [7, 11) is 0.632. The van der Waals surface area contributed by atoms with E-state index in [1.54, 1.807) is 15.8 Å². The number of nitrogens with two attached hydrogens (primary N) is 1. The third-order valence-corrected chi connectivity index (χ3v) is 11.0. The van der Waals surface area contributed by atoms with Crippen molar-refractivity contribution < 1.29 is 23.1 Å². The van der Waals surface area contributed by atoms with Crippen LogP contribution in [0, 0.1) is 5.92 Å². The van der Waals surface area contributed by atoms with Crippen molar-refractivity contribution in [2.24, 2.45) is 5.92 Å². The van der Waals surface area contributed by atoms with Gasteiger partial charge < -0.3 is 30.4 Å². The molecule has 1 aromatic heterocycles. The van der Waals surface area contributed by atoms with Crippen molar-refractivity contribution >= 4 is 44.4 Å². The van der Waals surface area contributed by atoms with Crippen LogP contribution in [0.5, 0.6) is 0 Å². The maximum absolute atomic E-state index is 12.7. The lowest BCUT2D eigenvalue weighted by atomic mass is 9.85. The number of sulfone groups is 1. The lowest BCUT2D eigenvalue weighted by molar-refractivity contribution is -0.134. The quantitative estimate of drug-likeness (QED) is 0.382. The van der Waals surface area contributed by atoms with Crippen molar-refractivity contribution in [2.45, 2.75) is 80.9 Å². The van der Waals surface area contributed by atoms with Crippen LogP contribution in [-0.2, 0) is 19.4 Å². The number of aliphatic hydroxyl groups is 1. The Bertz CT molecular complexity index is 1510. The van der Waals surface area contributed by atoms with Crippen LogP contribution < -0.4 is 25.8 Å². The number of benzene rings is 1. The van der Waals surface area contributed by atoms with Crippen LogP contribution in [-0.4, -0.2) is 98.4 Å². The summed E-state index contributed by atoms with van der Waals surface area (Å²) < 4.78 is 25.6. The molecule has 0 bridgehead atoms. The summed E-state index contributed by atoms with van der Waals surface area (Å²) in [6, 6.07) is 6.06. The molecule has 2 atom stereocenters. The van der Waals surface area contributed by atoms with Crippen LogP contribution in [0.2, 0.25) is 0 Å². The summed E-state index contributed by atoms with van der Waals surface area (Å²) >= 11 is 0. The standard InChI is InChI=1S/C30H44N8O5S/c1-34(17-19-7-9-21(10-8-19)37-18-22(31)29(33-37)44(3,42)43)20-13-15-36(16-14-20)23-5-4-6-24-27(23)35(2)30(41)38(24)25-11-12-26(39)32-28(25)40/h4-6,18-21,25,30,41H,7-17,31H2,1-3H3,(H,32,39,40)/t19-,21-,25?,30?. The Morgan fingerprint density at radius 1 is 1.07 bits per heavy atom. The highest BCUT2D eigenvalue weighted by Crippen LogP contribution is 2.47. The SMILES string of the molecule is CN(C[C@H]1CC[C@H](n2cc(N)c(S(C)(=O)=O)n2)CC1)C1CCN(c2cccc3c2N(C)C(O)N3C2CCC(=O)NC2=O)CC1. The molecule has 4 N–H and O–H groups in total. The van der Waals surface area contributed by atoms with Gasteiger partial charge in [0.2, 0.25) is 18.2 Å². The molecule has 2 aromatic rings. The highest BCUT2D eigenvalue weighted by atomic mass is 32.2. The van der Waals surface area contributed by atoms with Gasteiger partial charge in [-0.3, -0.25) is 19.6 Å². The third-order valence-electron chi connectivity index (χ3n) is 10.0. The van der Waals surface area contributed by atoms with E-state index < -0.39 is 22.2 Å². The van der Waals surface area contributed by atoms with E-state index in [0.717, 1.165) is 81.5 Å². The Morgan fingerprint density at radius 2 is 1.75 bits per heavy atom. The number of carbonyl (C=O) groups excluding carboxylic acids is 2. The van der Waals surface area contributed by atoms with Crippen molar-refractivity contribution in [3.8, 4) is 0 Å². The number of hydrogen-bond donors (Lipinski definition) is 3. The number of para-hydroxylation sites is 1. The Hall–Kier alpha value is -3.36. The minimum atomic E-state index is -3.44. The first kappa shape index (κ1) is 30.7. The molecule has 2 saturated heterocycles. The summed E-state index contributed by atoms with van der Waals surface area (Å²) in [6.45, 7) is 2.82. The van der Waals surface area contributed by atoms with E-state index in [9.17, 15) is 23.1 Å². The van der Waals surface area contributed by atoms with Gasteiger partial charge in [-0.1, -0.05) is 6.07 Å². The number of hydrogen-bond acceptors (Lipinski definition) is 11. The molecule has 14 heteroatoms. The lowest BCUT2D eigenvalue weighted by Crippen LogP contribution is -2.56. The Balaban J connectivity index is 1.04. The molecule has 2 amide bonds. The molecule has 4 aliphatic rings. The van der Waals surface area contributed by atoms with E-state index in [2.05, 4.69) is 33.3 Å². The van der Waals surface area contributed by atoms with Gasteiger partial charge in [-0.05, 0) is 70.0 Å². The van der Waals surface area contributed by atoms with Gasteiger partial charge in [0.25, 0.3) is 0 Å². The van der Waals surface area contributed by atoms with Gasteiger partial charge in [0.1, 0.15) is 6.04 Å². The zero-order valence-electron chi connectivity index (χ0n) is 25.7. The van der Waals surface area contributed by atoms with E-state index in [1.807, 2.05) is 24.1 Å². The van der Waals surface area contributed by atoms with Gasteiger partial charge in [-0.25, -0.2) is 8.42 Å². The van der Waals surface area contributed by atoms with Gasteiger partial charge in [-0.15, -0.1) is 0 Å². The fourth-order valence-electron chi connectivity index (χ4n) is 7.61. The molecule has 0 spiro atoms. The maximum atomic E-state index is 12.7.